The molecule has 0 aromatic carbocycles. The summed E-state index contributed by atoms with van der Waals surface area (Å²) < 4.78 is 1.73. The fourth-order valence-corrected chi connectivity index (χ4v) is 3.44. The Morgan fingerprint density at radius 3 is 2.95 bits per heavy atom. The van der Waals surface area contributed by atoms with Crippen LogP contribution in [0.15, 0.2) is 17.2 Å². The highest BCUT2D eigenvalue weighted by Crippen LogP contribution is 2.28. The molecule has 0 aliphatic heterocycles. The monoisotopic (exact) mass is 281 g/mol. The molecular weight excluding hydrogens is 258 g/mol. The SMILES string of the molecule is CSC1CCCC(Nc2nccn(C(C)C)c2=O)C1. The summed E-state index contributed by atoms with van der Waals surface area (Å²) in [4.78, 5) is 16.5. The Bertz CT molecular complexity index is 472. The van der Waals surface area contributed by atoms with Gasteiger partial charge in [-0.15, -0.1) is 0 Å². The van der Waals surface area contributed by atoms with Crippen molar-refractivity contribution in [1.29, 1.82) is 0 Å². The van der Waals surface area contributed by atoms with Crippen LogP contribution in [0.1, 0.15) is 45.6 Å². The highest BCUT2D eigenvalue weighted by molar-refractivity contribution is 7.99. The first-order chi connectivity index (χ1) is 9.11. The normalized spacial score (nSPS) is 23.6. The number of thioether (sulfide) groups is 1. The highest BCUT2D eigenvalue weighted by atomic mass is 32.2. The maximum absolute atomic E-state index is 12.3. The summed E-state index contributed by atoms with van der Waals surface area (Å²) in [6.07, 6.45) is 10.4. The minimum absolute atomic E-state index is 0.0104. The van der Waals surface area contributed by atoms with Gasteiger partial charge in [0.25, 0.3) is 5.56 Å². The zero-order valence-electron chi connectivity index (χ0n) is 11.9. The number of nitrogens with one attached hydrogen (secondary N) is 1. The Morgan fingerprint density at radius 1 is 1.47 bits per heavy atom. The average Bonchev–Trinajstić information content (AvgIpc) is 2.41. The first-order valence-corrected chi connectivity index (χ1v) is 8.27. The van der Waals surface area contributed by atoms with Gasteiger partial charge in [0, 0.05) is 29.7 Å². The van der Waals surface area contributed by atoms with Gasteiger partial charge in [-0.2, -0.15) is 11.8 Å². The van der Waals surface area contributed by atoms with Gasteiger partial charge in [-0.05, 0) is 39.4 Å². The van der Waals surface area contributed by atoms with Gasteiger partial charge in [-0.25, -0.2) is 4.98 Å². The zero-order chi connectivity index (χ0) is 13.8. The largest absolute Gasteiger partial charge is 0.363 e. The molecule has 1 heterocycles. The van der Waals surface area contributed by atoms with E-state index >= 15 is 0 Å². The highest BCUT2D eigenvalue weighted by Gasteiger charge is 2.22. The first kappa shape index (κ1) is 14.4. The molecule has 0 amide bonds. The van der Waals surface area contributed by atoms with Gasteiger partial charge >= 0.3 is 0 Å². The van der Waals surface area contributed by atoms with Crippen LogP contribution in [0.25, 0.3) is 0 Å². The van der Waals surface area contributed by atoms with Crippen molar-refractivity contribution >= 4 is 17.6 Å². The van der Waals surface area contributed by atoms with Crippen molar-refractivity contribution < 1.29 is 0 Å². The van der Waals surface area contributed by atoms with Crippen molar-refractivity contribution in [3.8, 4) is 0 Å². The maximum Gasteiger partial charge on any atom is 0.293 e. The van der Waals surface area contributed by atoms with Crippen molar-refractivity contribution in [2.75, 3.05) is 11.6 Å². The van der Waals surface area contributed by atoms with Crippen LogP contribution in [-0.2, 0) is 0 Å². The Kier molecular flexibility index (Phi) is 4.91. The Hall–Kier alpha value is -0.970. The lowest BCUT2D eigenvalue weighted by atomic mass is 9.95. The molecule has 0 saturated heterocycles. The third-order valence-electron chi connectivity index (χ3n) is 3.72. The van der Waals surface area contributed by atoms with Crippen molar-refractivity contribution in [2.45, 2.75) is 56.9 Å². The minimum atomic E-state index is -0.0104. The fourth-order valence-electron chi connectivity index (χ4n) is 2.61. The molecule has 1 aliphatic carbocycles. The molecule has 2 unspecified atom stereocenters. The van der Waals surface area contributed by atoms with Crippen LogP contribution < -0.4 is 10.9 Å². The van der Waals surface area contributed by atoms with Crippen LogP contribution in [0.4, 0.5) is 5.82 Å². The van der Waals surface area contributed by atoms with E-state index in [1.165, 1.54) is 12.8 Å². The number of nitrogens with zero attached hydrogens (tertiary/aromatic N) is 2. The van der Waals surface area contributed by atoms with E-state index in [1.54, 1.807) is 17.0 Å². The van der Waals surface area contributed by atoms with Crippen molar-refractivity contribution in [2.24, 2.45) is 0 Å². The molecule has 2 rings (SSSR count). The summed E-state index contributed by atoms with van der Waals surface area (Å²) in [5, 5.41) is 4.06. The van der Waals surface area contributed by atoms with Gasteiger partial charge in [-0.1, -0.05) is 6.42 Å². The molecule has 2 atom stereocenters. The van der Waals surface area contributed by atoms with Crippen molar-refractivity contribution in [3.05, 3.63) is 22.7 Å². The third-order valence-corrected chi connectivity index (χ3v) is 4.82. The van der Waals surface area contributed by atoms with Gasteiger partial charge in [0.2, 0.25) is 0 Å². The van der Waals surface area contributed by atoms with Crippen LogP contribution in [0.3, 0.4) is 0 Å². The van der Waals surface area contributed by atoms with Crippen LogP contribution in [0, 0.1) is 0 Å². The molecule has 0 bridgehead atoms. The lowest BCUT2D eigenvalue weighted by molar-refractivity contribution is 0.471. The molecule has 0 radical (unpaired) electrons. The molecule has 1 saturated carbocycles. The topological polar surface area (TPSA) is 46.9 Å². The van der Waals surface area contributed by atoms with Crippen LogP contribution in [0.2, 0.25) is 0 Å². The standard InChI is InChI=1S/C14H23N3OS/c1-10(2)17-8-7-15-13(14(17)18)16-11-5-4-6-12(9-11)19-3/h7-8,10-12H,4-6,9H2,1-3H3,(H,15,16). The Morgan fingerprint density at radius 2 is 2.26 bits per heavy atom. The third kappa shape index (κ3) is 3.53. The summed E-state index contributed by atoms with van der Waals surface area (Å²) in [6, 6.07) is 0.552. The summed E-state index contributed by atoms with van der Waals surface area (Å²) >= 11 is 1.93. The predicted octanol–water partition coefficient (Wildman–Crippen LogP) is 2.91. The summed E-state index contributed by atoms with van der Waals surface area (Å²) in [6.45, 7) is 4.02. The summed E-state index contributed by atoms with van der Waals surface area (Å²) in [7, 11) is 0. The number of rotatable bonds is 4. The maximum atomic E-state index is 12.3. The van der Waals surface area contributed by atoms with Gasteiger partial charge in [0.1, 0.15) is 0 Å². The van der Waals surface area contributed by atoms with E-state index in [0.717, 1.165) is 12.8 Å². The van der Waals surface area contributed by atoms with Gasteiger partial charge in [-0.3, -0.25) is 4.79 Å². The fraction of sp³-hybridized carbons (Fsp3) is 0.714. The van der Waals surface area contributed by atoms with E-state index < -0.39 is 0 Å². The molecule has 1 aromatic rings. The van der Waals surface area contributed by atoms with E-state index in [0.29, 0.717) is 17.1 Å². The summed E-state index contributed by atoms with van der Waals surface area (Å²) in [5.41, 5.74) is -0.0104. The van der Waals surface area contributed by atoms with Gasteiger partial charge in [0.15, 0.2) is 5.82 Å². The molecule has 106 valence electrons. The minimum Gasteiger partial charge on any atom is -0.363 e. The first-order valence-electron chi connectivity index (χ1n) is 6.98. The predicted molar refractivity (Wildman–Crippen MR) is 82.1 cm³/mol. The van der Waals surface area contributed by atoms with Crippen molar-refractivity contribution in [3.63, 3.8) is 0 Å². The summed E-state index contributed by atoms with van der Waals surface area (Å²) in [5.74, 6) is 0.503. The van der Waals surface area contributed by atoms with Crippen LogP contribution >= 0.6 is 11.8 Å². The van der Waals surface area contributed by atoms with Gasteiger partial charge in [0.05, 0.1) is 0 Å². The van der Waals surface area contributed by atoms with E-state index in [9.17, 15) is 4.79 Å². The second kappa shape index (κ2) is 6.46. The molecule has 1 aromatic heterocycles. The average molecular weight is 281 g/mol. The zero-order valence-corrected chi connectivity index (χ0v) is 12.7. The molecule has 1 fully saturated rings. The van der Waals surface area contributed by atoms with E-state index in [1.807, 2.05) is 25.6 Å². The van der Waals surface area contributed by atoms with E-state index in [2.05, 4.69) is 16.6 Å². The molecule has 4 nitrogen and oxygen atoms in total. The Balaban J connectivity index is 2.11. The number of hydrogen-bond donors (Lipinski definition) is 1. The van der Waals surface area contributed by atoms with E-state index in [4.69, 9.17) is 0 Å². The van der Waals surface area contributed by atoms with Crippen molar-refractivity contribution in [1.82, 2.24) is 9.55 Å². The smallest absolute Gasteiger partial charge is 0.293 e. The number of aromatic nitrogens is 2. The molecule has 1 aliphatic rings. The second-order valence-electron chi connectivity index (χ2n) is 5.45. The second-order valence-corrected chi connectivity index (χ2v) is 6.59. The molecule has 1 N–H and O–H groups in total. The van der Waals surface area contributed by atoms with Crippen LogP contribution in [-0.4, -0.2) is 27.1 Å². The molecule has 5 heteroatoms. The van der Waals surface area contributed by atoms with Gasteiger partial charge < -0.3 is 9.88 Å². The quantitative estimate of drug-likeness (QED) is 0.922. The molecule has 0 spiro atoms. The lowest BCUT2D eigenvalue weighted by Crippen LogP contribution is -2.33. The number of hydrogen-bond acceptors (Lipinski definition) is 4. The molecular formula is C14H23N3OS. The number of anilines is 1. The Labute approximate surface area is 119 Å². The van der Waals surface area contributed by atoms with E-state index in [-0.39, 0.29) is 11.6 Å². The molecule has 19 heavy (non-hydrogen) atoms. The van der Waals surface area contributed by atoms with Crippen LogP contribution in [0.5, 0.6) is 0 Å². The lowest BCUT2D eigenvalue weighted by Gasteiger charge is -2.29.